The monoisotopic (exact) mass is 406 g/mol. The van der Waals surface area contributed by atoms with Crippen molar-refractivity contribution in [2.24, 2.45) is 0 Å². The van der Waals surface area contributed by atoms with Gasteiger partial charge in [0.25, 0.3) is 5.69 Å². The van der Waals surface area contributed by atoms with Gasteiger partial charge in [0.05, 0.1) is 10.7 Å². The Balaban J connectivity index is 1.99. The summed E-state index contributed by atoms with van der Waals surface area (Å²) in [6.45, 7) is 4.51. The first kappa shape index (κ1) is 20.7. The van der Waals surface area contributed by atoms with Gasteiger partial charge in [0.1, 0.15) is 0 Å². The van der Waals surface area contributed by atoms with Crippen LogP contribution in [0.25, 0.3) is 0 Å². The van der Waals surface area contributed by atoms with E-state index < -0.39 is 41.3 Å². The molecule has 1 aliphatic rings. The van der Waals surface area contributed by atoms with Crippen LogP contribution in [0.3, 0.4) is 0 Å². The SMILES string of the molecule is CCN1CCN(S(=O)(=O)CCNS(=O)(=O)c2ccccc2[N+](=O)[O-])CC1. The molecule has 1 N–H and O–H groups in total. The summed E-state index contributed by atoms with van der Waals surface area (Å²) in [4.78, 5) is 11.8. The minimum absolute atomic E-state index is 0.356. The van der Waals surface area contributed by atoms with Crippen LogP contribution in [0.4, 0.5) is 5.69 Å². The predicted octanol–water partition coefficient (Wildman–Crippen LogP) is -0.160. The van der Waals surface area contributed by atoms with Crippen molar-refractivity contribution >= 4 is 25.7 Å². The zero-order valence-electron chi connectivity index (χ0n) is 14.4. The Bertz CT molecular complexity index is 848. The van der Waals surface area contributed by atoms with Crippen molar-refractivity contribution in [2.75, 3.05) is 45.0 Å². The number of para-hydroxylation sites is 1. The van der Waals surface area contributed by atoms with Gasteiger partial charge >= 0.3 is 0 Å². The number of rotatable bonds is 8. The molecule has 1 saturated heterocycles. The lowest BCUT2D eigenvalue weighted by molar-refractivity contribution is -0.387. The Morgan fingerprint density at radius 3 is 2.31 bits per heavy atom. The number of likely N-dealkylation sites (N-methyl/N-ethyl adjacent to an activating group) is 1. The van der Waals surface area contributed by atoms with Gasteiger partial charge in [0, 0.05) is 38.8 Å². The molecule has 26 heavy (non-hydrogen) atoms. The molecule has 1 aromatic rings. The summed E-state index contributed by atoms with van der Waals surface area (Å²) in [7, 11) is -7.78. The maximum absolute atomic E-state index is 12.3. The summed E-state index contributed by atoms with van der Waals surface area (Å²) >= 11 is 0. The van der Waals surface area contributed by atoms with Gasteiger partial charge in [-0.2, -0.15) is 4.31 Å². The first-order valence-electron chi connectivity index (χ1n) is 8.10. The van der Waals surface area contributed by atoms with Crippen LogP contribution < -0.4 is 4.72 Å². The number of hydrogen-bond acceptors (Lipinski definition) is 7. The summed E-state index contributed by atoms with van der Waals surface area (Å²) < 4.78 is 52.7. The Labute approximate surface area is 153 Å². The lowest BCUT2D eigenvalue weighted by Gasteiger charge is -2.33. The molecule has 0 saturated carbocycles. The number of hydrogen-bond donors (Lipinski definition) is 1. The van der Waals surface area contributed by atoms with Crippen LogP contribution >= 0.6 is 0 Å². The van der Waals surface area contributed by atoms with Crippen LogP contribution in [0, 0.1) is 10.1 Å². The van der Waals surface area contributed by atoms with E-state index in [4.69, 9.17) is 0 Å². The summed E-state index contributed by atoms with van der Waals surface area (Å²) in [5.41, 5.74) is -0.557. The Kier molecular flexibility index (Phi) is 6.69. The largest absolute Gasteiger partial charge is 0.301 e. The van der Waals surface area contributed by atoms with E-state index in [2.05, 4.69) is 9.62 Å². The van der Waals surface area contributed by atoms with E-state index in [0.717, 1.165) is 18.7 Å². The zero-order chi connectivity index (χ0) is 19.4. The highest BCUT2D eigenvalue weighted by molar-refractivity contribution is 7.90. The minimum Gasteiger partial charge on any atom is -0.301 e. The van der Waals surface area contributed by atoms with E-state index in [1.54, 1.807) is 0 Å². The fourth-order valence-corrected chi connectivity index (χ4v) is 5.34. The van der Waals surface area contributed by atoms with Crippen molar-refractivity contribution < 1.29 is 21.8 Å². The van der Waals surface area contributed by atoms with E-state index in [-0.39, 0.29) is 6.54 Å². The number of sulfonamides is 2. The molecule has 10 nitrogen and oxygen atoms in total. The van der Waals surface area contributed by atoms with Gasteiger partial charge in [-0.05, 0) is 12.6 Å². The summed E-state index contributed by atoms with van der Waals surface area (Å²) in [6, 6.07) is 4.92. The molecule has 1 aromatic carbocycles. The van der Waals surface area contributed by atoms with E-state index in [1.165, 1.54) is 16.4 Å². The number of nitrogens with one attached hydrogen (secondary N) is 1. The van der Waals surface area contributed by atoms with Gasteiger partial charge in [-0.1, -0.05) is 19.1 Å². The van der Waals surface area contributed by atoms with Crippen molar-refractivity contribution in [1.82, 2.24) is 13.9 Å². The molecular weight excluding hydrogens is 384 g/mol. The molecular formula is C14H22N4O6S2. The molecule has 1 heterocycles. The van der Waals surface area contributed by atoms with Crippen LogP contribution in [0.1, 0.15) is 6.92 Å². The van der Waals surface area contributed by atoms with Gasteiger partial charge in [-0.15, -0.1) is 0 Å². The lowest BCUT2D eigenvalue weighted by atomic mass is 10.3. The highest BCUT2D eigenvalue weighted by atomic mass is 32.2. The quantitative estimate of drug-likeness (QED) is 0.469. The smallest absolute Gasteiger partial charge is 0.289 e. The zero-order valence-corrected chi connectivity index (χ0v) is 16.0. The molecule has 146 valence electrons. The van der Waals surface area contributed by atoms with Gasteiger partial charge < -0.3 is 4.90 Å². The van der Waals surface area contributed by atoms with E-state index >= 15 is 0 Å². The summed E-state index contributed by atoms with van der Waals surface area (Å²) in [5, 5.41) is 11.0. The van der Waals surface area contributed by atoms with E-state index in [0.29, 0.717) is 26.2 Å². The van der Waals surface area contributed by atoms with Gasteiger partial charge in [0.2, 0.25) is 20.0 Å². The summed E-state index contributed by atoms with van der Waals surface area (Å²) in [6.07, 6.45) is 0. The third-order valence-electron chi connectivity index (χ3n) is 4.18. The van der Waals surface area contributed by atoms with Crippen LogP contribution in [0.5, 0.6) is 0 Å². The van der Waals surface area contributed by atoms with Crippen molar-refractivity contribution in [3.8, 4) is 0 Å². The second kappa shape index (κ2) is 8.39. The molecule has 1 fully saturated rings. The minimum atomic E-state index is -4.18. The number of benzene rings is 1. The molecule has 0 spiro atoms. The molecule has 1 aliphatic heterocycles. The maximum atomic E-state index is 12.3. The number of nitro groups is 1. The third kappa shape index (κ3) is 4.98. The predicted molar refractivity (Wildman–Crippen MR) is 95.8 cm³/mol. The standard InChI is InChI=1S/C14H22N4O6S2/c1-2-16-8-10-17(11-9-16)25(21,22)12-7-15-26(23,24)14-6-4-3-5-13(14)18(19)20/h3-6,15H,2,7-12H2,1H3. The van der Waals surface area contributed by atoms with Gasteiger partial charge in [-0.25, -0.2) is 21.6 Å². The van der Waals surface area contributed by atoms with E-state index in [9.17, 15) is 26.9 Å². The third-order valence-corrected chi connectivity index (χ3v) is 7.56. The molecule has 0 radical (unpaired) electrons. The van der Waals surface area contributed by atoms with Crippen LogP contribution in [0.15, 0.2) is 29.2 Å². The number of nitro benzene ring substituents is 1. The highest BCUT2D eigenvalue weighted by Crippen LogP contribution is 2.22. The fraction of sp³-hybridized carbons (Fsp3) is 0.571. The lowest BCUT2D eigenvalue weighted by Crippen LogP contribution is -2.49. The molecule has 0 aliphatic carbocycles. The topological polar surface area (TPSA) is 130 Å². The summed E-state index contributed by atoms with van der Waals surface area (Å²) in [5.74, 6) is -0.404. The second-order valence-corrected chi connectivity index (χ2v) is 9.60. The molecule has 0 unspecified atom stereocenters. The number of piperazine rings is 1. The van der Waals surface area contributed by atoms with Crippen LogP contribution in [0.2, 0.25) is 0 Å². The molecule has 0 bridgehead atoms. The van der Waals surface area contributed by atoms with Crippen molar-refractivity contribution in [3.05, 3.63) is 34.4 Å². The van der Waals surface area contributed by atoms with Gasteiger partial charge in [0.15, 0.2) is 4.90 Å². The maximum Gasteiger partial charge on any atom is 0.289 e. The Hall–Kier alpha value is -1.60. The fourth-order valence-electron chi connectivity index (χ4n) is 2.67. The van der Waals surface area contributed by atoms with Crippen LogP contribution in [-0.4, -0.2) is 76.0 Å². The molecule has 0 aromatic heterocycles. The average molecular weight is 406 g/mol. The average Bonchev–Trinajstić information content (AvgIpc) is 2.61. The Morgan fingerprint density at radius 2 is 1.73 bits per heavy atom. The van der Waals surface area contributed by atoms with E-state index in [1.807, 2.05) is 6.92 Å². The molecule has 0 amide bonds. The molecule has 12 heteroatoms. The van der Waals surface area contributed by atoms with Crippen molar-refractivity contribution in [2.45, 2.75) is 11.8 Å². The first-order chi connectivity index (χ1) is 12.2. The highest BCUT2D eigenvalue weighted by Gasteiger charge is 2.28. The van der Waals surface area contributed by atoms with Crippen molar-refractivity contribution in [3.63, 3.8) is 0 Å². The van der Waals surface area contributed by atoms with Crippen molar-refractivity contribution in [1.29, 1.82) is 0 Å². The number of nitrogens with zero attached hydrogens (tertiary/aromatic N) is 3. The Morgan fingerprint density at radius 1 is 1.12 bits per heavy atom. The first-order valence-corrected chi connectivity index (χ1v) is 11.2. The second-order valence-electron chi connectivity index (χ2n) is 5.77. The molecule has 2 rings (SSSR count). The van der Waals surface area contributed by atoms with Gasteiger partial charge in [-0.3, -0.25) is 10.1 Å². The normalized spacial score (nSPS) is 17.3. The van der Waals surface area contributed by atoms with Crippen LogP contribution in [-0.2, 0) is 20.0 Å². The molecule has 0 atom stereocenters.